The van der Waals surface area contributed by atoms with Crippen LogP contribution in [-0.4, -0.2) is 10.2 Å². The van der Waals surface area contributed by atoms with Crippen molar-refractivity contribution in [2.45, 2.75) is 0 Å². The summed E-state index contributed by atoms with van der Waals surface area (Å²) < 4.78 is 4.67. The molecule has 8 heteroatoms. The fourth-order valence-corrected chi connectivity index (χ4v) is 1.66. The molecule has 0 saturated heterocycles. The number of carbonyl (C=O) groups excluding carboxylic acids is 1. The molecule has 0 spiro atoms. The van der Waals surface area contributed by atoms with Crippen LogP contribution in [0.2, 0.25) is 0 Å². The van der Waals surface area contributed by atoms with E-state index in [-0.39, 0.29) is 11.4 Å². The summed E-state index contributed by atoms with van der Waals surface area (Å²) in [5.41, 5.74) is -0.0624. The third kappa shape index (κ3) is 3.05. The number of nitrogens with zero attached hydrogens (tertiary/aromatic N) is 1. The summed E-state index contributed by atoms with van der Waals surface area (Å²) >= 11 is 1.48. The molecular formula is C7H6N2O4S2. The summed E-state index contributed by atoms with van der Waals surface area (Å²) in [5, 5.41) is 15.9. The van der Waals surface area contributed by atoms with Gasteiger partial charge in [0.2, 0.25) is 0 Å². The molecule has 0 fully saturated rings. The molecule has 0 atom stereocenters. The maximum absolute atomic E-state index is 10.8. The Morgan fingerprint density at radius 3 is 2.87 bits per heavy atom. The maximum Gasteiger partial charge on any atom is 0.387 e. The summed E-state index contributed by atoms with van der Waals surface area (Å²) in [4.78, 5) is 21.0. The van der Waals surface area contributed by atoms with Crippen LogP contribution in [0.4, 0.5) is 10.5 Å². The van der Waals surface area contributed by atoms with E-state index in [9.17, 15) is 14.9 Å². The minimum atomic E-state index is -0.712. The predicted octanol–water partition coefficient (Wildman–Crippen LogP) is 2.37. The van der Waals surface area contributed by atoms with Gasteiger partial charge in [-0.15, -0.1) is 11.3 Å². The van der Waals surface area contributed by atoms with Crippen LogP contribution in [0.5, 0.6) is 0 Å². The molecule has 0 bridgehead atoms. The SMILES string of the molecule is C=C(OC(=O)SN)c1cc([N+](=O)[O-])cs1. The first-order valence-corrected chi connectivity index (χ1v) is 5.31. The molecule has 1 heterocycles. The number of carbonyl (C=O) groups is 1. The van der Waals surface area contributed by atoms with Gasteiger partial charge >= 0.3 is 5.30 Å². The van der Waals surface area contributed by atoms with Gasteiger partial charge in [-0.3, -0.25) is 15.3 Å². The van der Waals surface area contributed by atoms with E-state index in [4.69, 9.17) is 5.14 Å². The van der Waals surface area contributed by atoms with Crippen molar-refractivity contribution >= 4 is 40.0 Å². The molecule has 80 valence electrons. The van der Waals surface area contributed by atoms with Crippen molar-refractivity contribution in [2.24, 2.45) is 5.14 Å². The van der Waals surface area contributed by atoms with Gasteiger partial charge in [0.1, 0.15) is 5.76 Å². The van der Waals surface area contributed by atoms with E-state index < -0.39 is 10.2 Å². The highest BCUT2D eigenvalue weighted by molar-refractivity contribution is 8.11. The molecule has 2 N–H and O–H groups in total. The molecule has 0 radical (unpaired) electrons. The van der Waals surface area contributed by atoms with Crippen molar-refractivity contribution in [2.75, 3.05) is 0 Å². The second-order valence-electron chi connectivity index (χ2n) is 2.32. The Morgan fingerprint density at radius 1 is 1.73 bits per heavy atom. The Morgan fingerprint density at radius 2 is 2.40 bits per heavy atom. The van der Waals surface area contributed by atoms with E-state index in [1.165, 1.54) is 11.4 Å². The summed E-state index contributed by atoms with van der Waals surface area (Å²) in [5.74, 6) is 0.0519. The topological polar surface area (TPSA) is 95.5 Å². The van der Waals surface area contributed by atoms with Crippen LogP contribution in [0.1, 0.15) is 4.88 Å². The lowest BCUT2D eigenvalue weighted by Crippen LogP contribution is -1.98. The highest BCUT2D eigenvalue weighted by Crippen LogP contribution is 2.27. The third-order valence-corrected chi connectivity index (χ3v) is 2.61. The van der Waals surface area contributed by atoms with Crippen molar-refractivity contribution in [1.82, 2.24) is 0 Å². The average molecular weight is 246 g/mol. The fraction of sp³-hybridized carbons (Fsp3) is 0. The predicted molar refractivity (Wildman–Crippen MR) is 58.3 cm³/mol. The molecular weight excluding hydrogens is 240 g/mol. The second kappa shape index (κ2) is 4.91. The Hall–Kier alpha value is -1.38. The van der Waals surface area contributed by atoms with Crippen molar-refractivity contribution in [1.29, 1.82) is 0 Å². The highest BCUT2D eigenvalue weighted by Gasteiger charge is 2.14. The molecule has 1 aromatic rings. The monoisotopic (exact) mass is 246 g/mol. The van der Waals surface area contributed by atoms with Crippen LogP contribution in [0.15, 0.2) is 18.0 Å². The number of hydrogen-bond acceptors (Lipinski definition) is 7. The zero-order valence-corrected chi connectivity index (χ0v) is 8.97. The summed E-state index contributed by atoms with van der Waals surface area (Å²) in [6.07, 6.45) is 0. The number of rotatable bonds is 3. The van der Waals surface area contributed by atoms with Crippen molar-refractivity contribution in [3.63, 3.8) is 0 Å². The maximum atomic E-state index is 10.8. The zero-order chi connectivity index (χ0) is 11.4. The molecule has 15 heavy (non-hydrogen) atoms. The van der Waals surface area contributed by atoms with Gasteiger partial charge in [-0.1, -0.05) is 6.58 Å². The molecule has 0 aliphatic heterocycles. The highest BCUT2D eigenvalue weighted by atomic mass is 32.2. The smallest absolute Gasteiger partial charge is 0.387 e. The average Bonchev–Trinajstić information content (AvgIpc) is 2.66. The van der Waals surface area contributed by atoms with Gasteiger partial charge in [-0.2, -0.15) is 0 Å². The second-order valence-corrected chi connectivity index (χ2v) is 3.80. The summed E-state index contributed by atoms with van der Waals surface area (Å²) in [6.45, 7) is 3.46. The molecule has 6 nitrogen and oxygen atoms in total. The molecule has 1 aromatic heterocycles. The van der Waals surface area contributed by atoms with Crippen molar-refractivity contribution < 1.29 is 14.5 Å². The third-order valence-electron chi connectivity index (χ3n) is 1.37. The first kappa shape index (κ1) is 11.7. The van der Waals surface area contributed by atoms with Gasteiger partial charge in [-0.25, -0.2) is 4.79 Å². The van der Waals surface area contributed by atoms with Crippen LogP contribution in [0, 0.1) is 10.1 Å². The Labute approximate surface area is 93.0 Å². The summed E-state index contributed by atoms with van der Waals surface area (Å²) in [7, 11) is 0. The van der Waals surface area contributed by atoms with E-state index in [2.05, 4.69) is 11.3 Å². The van der Waals surface area contributed by atoms with Crippen molar-refractivity contribution in [3.8, 4) is 0 Å². The van der Waals surface area contributed by atoms with Gasteiger partial charge in [-0.05, 0) is 0 Å². The molecule has 0 aromatic carbocycles. The Bertz CT molecular complexity index is 415. The number of hydrogen-bond donors (Lipinski definition) is 1. The molecule has 0 saturated carbocycles. The fourth-order valence-electron chi connectivity index (χ4n) is 0.743. The van der Waals surface area contributed by atoms with Crippen LogP contribution in [0.3, 0.4) is 0 Å². The Kier molecular flexibility index (Phi) is 3.83. The molecule has 0 unspecified atom stereocenters. The summed E-state index contributed by atoms with van der Waals surface area (Å²) in [6, 6.07) is 1.28. The van der Waals surface area contributed by atoms with E-state index >= 15 is 0 Å². The lowest BCUT2D eigenvalue weighted by atomic mass is 10.4. The van der Waals surface area contributed by atoms with Crippen LogP contribution < -0.4 is 5.14 Å². The van der Waals surface area contributed by atoms with Crippen LogP contribution in [-0.2, 0) is 4.74 Å². The number of thiophene rings is 1. The molecule has 0 aliphatic carbocycles. The standard InChI is InChI=1S/C7H6N2O4S2/c1-4(13-7(10)15-8)6-2-5(3-14-6)9(11)12/h2-3H,1,8H2. The first-order chi connectivity index (χ1) is 7.04. The van der Waals surface area contributed by atoms with Gasteiger partial charge in [0.05, 0.1) is 15.2 Å². The minimum absolute atomic E-state index is 0.0519. The van der Waals surface area contributed by atoms with E-state index in [1.54, 1.807) is 0 Å². The van der Waals surface area contributed by atoms with E-state index in [0.29, 0.717) is 16.8 Å². The normalized spacial score (nSPS) is 9.67. The van der Waals surface area contributed by atoms with E-state index in [0.717, 1.165) is 11.3 Å². The minimum Gasteiger partial charge on any atom is -0.417 e. The van der Waals surface area contributed by atoms with Gasteiger partial charge < -0.3 is 4.74 Å². The zero-order valence-electron chi connectivity index (χ0n) is 7.34. The quantitative estimate of drug-likeness (QED) is 0.289. The number of nitrogens with two attached hydrogens (primary N) is 1. The molecule has 0 aliphatic rings. The first-order valence-electron chi connectivity index (χ1n) is 3.55. The van der Waals surface area contributed by atoms with E-state index in [1.807, 2.05) is 0 Å². The largest absolute Gasteiger partial charge is 0.417 e. The van der Waals surface area contributed by atoms with Crippen LogP contribution in [0.25, 0.3) is 5.76 Å². The van der Waals surface area contributed by atoms with Gasteiger partial charge in [0.15, 0.2) is 0 Å². The van der Waals surface area contributed by atoms with Gasteiger partial charge in [0, 0.05) is 18.0 Å². The van der Waals surface area contributed by atoms with Gasteiger partial charge in [0.25, 0.3) is 5.69 Å². The molecule has 0 amide bonds. The Balaban J connectivity index is 2.74. The number of ether oxygens (including phenoxy) is 1. The molecule has 1 rings (SSSR count). The number of nitro groups is 1. The van der Waals surface area contributed by atoms with Crippen molar-refractivity contribution in [3.05, 3.63) is 33.0 Å². The lowest BCUT2D eigenvalue weighted by Gasteiger charge is -2.01. The lowest BCUT2D eigenvalue weighted by molar-refractivity contribution is -0.384. The van der Waals surface area contributed by atoms with Crippen LogP contribution >= 0.6 is 23.3 Å².